The van der Waals surface area contributed by atoms with E-state index in [0.717, 1.165) is 24.9 Å². The minimum atomic E-state index is -0.0720. The Morgan fingerprint density at radius 1 is 1.33 bits per heavy atom. The van der Waals surface area contributed by atoms with Crippen LogP contribution in [0.2, 0.25) is 5.02 Å². The van der Waals surface area contributed by atoms with Crippen LogP contribution in [0, 0.1) is 0 Å². The second kappa shape index (κ2) is 8.25. The van der Waals surface area contributed by atoms with E-state index in [-0.39, 0.29) is 12.5 Å². The third-order valence-corrected chi connectivity index (χ3v) is 4.00. The lowest BCUT2D eigenvalue weighted by atomic mass is 9.95. The summed E-state index contributed by atoms with van der Waals surface area (Å²) in [7, 11) is 1.88. The molecule has 0 saturated heterocycles. The third-order valence-electron chi connectivity index (χ3n) is 3.71. The number of carbonyl (C=O) groups is 1. The van der Waals surface area contributed by atoms with Crippen molar-refractivity contribution >= 4 is 17.5 Å². The monoisotopic (exact) mass is 310 g/mol. The zero-order valence-corrected chi connectivity index (χ0v) is 13.2. The molecule has 21 heavy (non-hydrogen) atoms. The molecule has 2 N–H and O–H groups in total. The van der Waals surface area contributed by atoms with Crippen LogP contribution in [0.5, 0.6) is 5.75 Å². The summed E-state index contributed by atoms with van der Waals surface area (Å²) >= 11 is 6.16. The highest BCUT2D eigenvalue weighted by Crippen LogP contribution is 2.25. The third kappa shape index (κ3) is 5.21. The highest BCUT2D eigenvalue weighted by Gasteiger charge is 2.16. The second-order valence-corrected chi connectivity index (χ2v) is 5.89. The van der Waals surface area contributed by atoms with Gasteiger partial charge in [-0.1, -0.05) is 36.9 Å². The van der Waals surface area contributed by atoms with Crippen molar-refractivity contribution in [3.8, 4) is 5.75 Å². The zero-order chi connectivity index (χ0) is 15.1. The molecule has 0 aromatic heterocycles. The Labute approximate surface area is 131 Å². The number of benzene rings is 1. The quantitative estimate of drug-likeness (QED) is 0.849. The number of ether oxygens (including phenoxy) is 1. The molecule has 5 heteroatoms. The average molecular weight is 311 g/mol. The van der Waals surface area contributed by atoms with E-state index in [2.05, 4.69) is 10.6 Å². The molecule has 1 aromatic rings. The molecule has 1 aliphatic rings. The number of nitrogens with one attached hydrogen (secondary N) is 2. The van der Waals surface area contributed by atoms with Gasteiger partial charge in [-0.25, -0.2) is 0 Å². The molecule has 0 bridgehead atoms. The maximum Gasteiger partial charge on any atom is 0.258 e. The Kier molecular flexibility index (Phi) is 6.33. The van der Waals surface area contributed by atoms with Crippen molar-refractivity contribution in [1.29, 1.82) is 0 Å². The highest BCUT2D eigenvalue weighted by molar-refractivity contribution is 6.32. The van der Waals surface area contributed by atoms with Gasteiger partial charge in [0.05, 0.1) is 5.02 Å². The molecule has 1 aliphatic carbocycles. The Hall–Kier alpha value is -1.26. The molecule has 1 aromatic carbocycles. The first-order chi connectivity index (χ1) is 10.2. The van der Waals surface area contributed by atoms with Crippen LogP contribution in [-0.4, -0.2) is 25.6 Å². The fourth-order valence-corrected chi connectivity index (χ4v) is 2.89. The molecule has 0 radical (unpaired) electrons. The Balaban J connectivity index is 1.80. The molecule has 0 unspecified atom stereocenters. The molecule has 1 fully saturated rings. The van der Waals surface area contributed by atoms with E-state index >= 15 is 0 Å². The van der Waals surface area contributed by atoms with E-state index in [4.69, 9.17) is 16.3 Å². The van der Waals surface area contributed by atoms with E-state index in [0.29, 0.717) is 16.8 Å². The minimum absolute atomic E-state index is 0.0155. The zero-order valence-electron chi connectivity index (χ0n) is 12.5. The molecule has 0 spiro atoms. The van der Waals surface area contributed by atoms with Gasteiger partial charge in [0.15, 0.2) is 6.61 Å². The van der Waals surface area contributed by atoms with E-state index in [1.807, 2.05) is 25.2 Å². The summed E-state index contributed by atoms with van der Waals surface area (Å²) in [5, 5.41) is 6.62. The van der Waals surface area contributed by atoms with Crippen LogP contribution < -0.4 is 15.4 Å². The van der Waals surface area contributed by atoms with Crippen LogP contribution >= 0.6 is 11.6 Å². The lowest BCUT2D eigenvalue weighted by Crippen LogP contribution is -2.38. The van der Waals surface area contributed by atoms with Gasteiger partial charge in [0, 0.05) is 12.6 Å². The predicted molar refractivity (Wildman–Crippen MR) is 84.7 cm³/mol. The van der Waals surface area contributed by atoms with Crippen molar-refractivity contribution in [2.45, 2.75) is 44.7 Å². The number of carbonyl (C=O) groups excluding carboxylic acids is 1. The Morgan fingerprint density at radius 2 is 2.10 bits per heavy atom. The normalized spacial score (nSPS) is 15.7. The lowest BCUT2D eigenvalue weighted by Gasteiger charge is -2.22. The molecule has 0 heterocycles. The first kappa shape index (κ1) is 16.1. The summed E-state index contributed by atoms with van der Waals surface area (Å²) in [6.45, 7) is 0.768. The van der Waals surface area contributed by atoms with E-state index in [1.165, 1.54) is 19.3 Å². The van der Waals surface area contributed by atoms with Crippen LogP contribution in [0.4, 0.5) is 0 Å². The van der Waals surface area contributed by atoms with Gasteiger partial charge >= 0.3 is 0 Å². The van der Waals surface area contributed by atoms with E-state index in [1.54, 1.807) is 0 Å². The average Bonchev–Trinajstić information content (AvgIpc) is 2.48. The molecule has 2 rings (SSSR count). The predicted octanol–water partition coefficient (Wildman–Crippen LogP) is 2.89. The molecule has 0 atom stereocenters. The van der Waals surface area contributed by atoms with Crippen LogP contribution in [0.1, 0.15) is 37.7 Å². The molecular weight excluding hydrogens is 288 g/mol. The molecule has 116 valence electrons. The second-order valence-electron chi connectivity index (χ2n) is 5.49. The summed E-state index contributed by atoms with van der Waals surface area (Å²) in [5.41, 5.74) is 1.08. The fraction of sp³-hybridized carbons (Fsp3) is 0.562. The van der Waals surface area contributed by atoms with Crippen LogP contribution in [0.15, 0.2) is 18.2 Å². The fourth-order valence-electron chi connectivity index (χ4n) is 2.64. The van der Waals surface area contributed by atoms with Crippen molar-refractivity contribution in [1.82, 2.24) is 10.6 Å². The standard InChI is InChI=1S/C16H23ClN2O2/c1-18-10-12-7-8-15(14(17)9-12)21-11-16(20)19-13-5-3-2-4-6-13/h7-9,13,18H,2-6,10-11H2,1H3,(H,19,20). The van der Waals surface area contributed by atoms with Crippen LogP contribution in [-0.2, 0) is 11.3 Å². The summed E-state index contributed by atoms with van der Waals surface area (Å²) in [6, 6.07) is 5.91. The van der Waals surface area contributed by atoms with Gasteiger partial charge in [-0.15, -0.1) is 0 Å². The first-order valence-electron chi connectivity index (χ1n) is 7.54. The molecule has 0 aliphatic heterocycles. The molecule has 1 amide bonds. The SMILES string of the molecule is CNCc1ccc(OCC(=O)NC2CCCCC2)c(Cl)c1. The largest absolute Gasteiger partial charge is 0.482 e. The van der Waals surface area contributed by atoms with Gasteiger partial charge in [-0.2, -0.15) is 0 Å². The lowest BCUT2D eigenvalue weighted by molar-refractivity contribution is -0.124. The summed E-state index contributed by atoms with van der Waals surface area (Å²) in [6.07, 6.45) is 5.82. The maximum atomic E-state index is 11.9. The van der Waals surface area contributed by atoms with Crippen molar-refractivity contribution in [2.24, 2.45) is 0 Å². The minimum Gasteiger partial charge on any atom is -0.482 e. The molecular formula is C16H23ClN2O2. The topological polar surface area (TPSA) is 50.4 Å². The molecule has 1 saturated carbocycles. The van der Waals surface area contributed by atoms with Crippen molar-refractivity contribution in [2.75, 3.05) is 13.7 Å². The van der Waals surface area contributed by atoms with Crippen molar-refractivity contribution in [3.05, 3.63) is 28.8 Å². The van der Waals surface area contributed by atoms with Crippen molar-refractivity contribution < 1.29 is 9.53 Å². The summed E-state index contributed by atoms with van der Waals surface area (Å²) < 4.78 is 5.51. The van der Waals surface area contributed by atoms with Crippen molar-refractivity contribution in [3.63, 3.8) is 0 Å². The van der Waals surface area contributed by atoms with Gasteiger partial charge in [0.25, 0.3) is 5.91 Å². The number of halogens is 1. The van der Waals surface area contributed by atoms with E-state index < -0.39 is 0 Å². The number of rotatable bonds is 6. The van der Waals surface area contributed by atoms with Crippen LogP contribution in [0.3, 0.4) is 0 Å². The Morgan fingerprint density at radius 3 is 2.76 bits per heavy atom. The molecule has 4 nitrogen and oxygen atoms in total. The summed E-state index contributed by atoms with van der Waals surface area (Å²) in [5.74, 6) is 0.479. The first-order valence-corrected chi connectivity index (χ1v) is 7.92. The Bertz CT molecular complexity index is 473. The number of hydrogen-bond acceptors (Lipinski definition) is 3. The van der Waals surface area contributed by atoms with Gasteiger partial charge in [0.2, 0.25) is 0 Å². The smallest absolute Gasteiger partial charge is 0.258 e. The van der Waals surface area contributed by atoms with Crippen LogP contribution in [0.25, 0.3) is 0 Å². The van der Waals surface area contributed by atoms with E-state index in [9.17, 15) is 4.79 Å². The van der Waals surface area contributed by atoms with Gasteiger partial charge < -0.3 is 15.4 Å². The van der Waals surface area contributed by atoms with Gasteiger partial charge in [0.1, 0.15) is 5.75 Å². The number of hydrogen-bond donors (Lipinski definition) is 2. The summed E-state index contributed by atoms with van der Waals surface area (Å²) in [4.78, 5) is 11.9. The highest BCUT2D eigenvalue weighted by atomic mass is 35.5. The maximum absolute atomic E-state index is 11.9. The van der Waals surface area contributed by atoms with Gasteiger partial charge in [-0.3, -0.25) is 4.79 Å². The van der Waals surface area contributed by atoms with Gasteiger partial charge in [-0.05, 0) is 37.6 Å². The number of amides is 1.